The van der Waals surface area contributed by atoms with Crippen molar-refractivity contribution in [3.63, 3.8) is 0 Å². The van der Waals surface area contributed by atoms with Crippen LogP contribution in [0.15, 0.2) is 16.8 Å². The van der Waals surface area contributed by atoms with Crippen LogP contribution < -0.4 is 0 Å². The average molecular weight is 246 g/mol. The van der Waals surface area contributed by atoms with Crippen LogP contribution in [0.3, 0.4) is 0 Å². The van der Waals surface area contributed by atoms with E-state index in [4.69, 9.17) is 4.52 Å². The molecule has 18 heavy (non-hydrogen) atoms. The van der Waals surface area contributed by atoms with Gasteiger partial charge in [0.05, 0.1) is 6.42 Å². The predicted octanol–water partition coefficient (Wildman–Crippen LogP) is 1.50. The highest BCUT2D eigenvalue weighted by Gasteiger charge is 2.25. The molecule has 2 aromatic heterocycles. The van der Waals surface area contributed by atoms with E-state index in [-0.39, 0.29) is 12.2 Å². The third kappa shape index (κ3) is 1.94. The van der Waals surface area contributed by atoms with Crippen molar-refractivity contribution in [3.8, 4) is 0 Å². The summed E-state index contributed by atoms with van der Waals surface area (Å²) in [6.45, 7) is 0. The van der Waals surface area contributed by atoms with E-state index in [1.807, 2.05) is 0 Å². The second kappa shape index (κ2) is 4.36. The Bertz CT molecular complexity index is 568. The summed E-state index contributed by atoms with van der Waals surface area (Å²) in [5.74, 6) is 1.50. The molecule has 2 heterocycles. The molecule has 0 amide bonds. The summed E-state index contributed by atoms with van der Waals surface area (Å²) in [5.41, 5.74) is 0.554. The first kappa shape index (κ1) is 11.1. The van der Waals surface area contributed by atoms with Crippen molar-refractivity contribution in [3.05, 3.63) is 29.7 Å². The fraction of sp³-hybridized carbons (Fsp3) is 0.500. The van der Waals surface area contributed by atoms with Gasteiger partial charge in [0.25, 0.3) is 0 Å². The van der Waals surface area contributed by atoms with E-state index in [0.29, 0.717) is 17.5 Å². The monoisotopic (exact) mass is 246 g/mol. The molecule has 0 N–H and O–H groups in total. The standard InChI is InChI=1S/C12H14N4O2/c1-16-9(5-6-13-16)10(17)7-11-14-12(15-18-11)8-3-2-4-8/h5-6,8H,2-4,7H2,1H3. The minimum Gasteiger partial charge on any atom is -0.339 e. The van der Waals surface area contributed by atoms with E-state index >= 15 is 0 Å². The molecule has 0 radical (unpaired) electrons. The molecule has 0 saturated heterocycles. The Labute approximate surface area is 104 Å². The van der Waals surface area contributed by atoms with Crippen LogP contribution >= 0.6 is 0 Å². The maximum atomic E-state index is 12.0. The minimum atomic E-state index is -0.0567. The van der Waals surface area contributed by atoms with Gasteiger partial charge in [0, 0.05) is 19.2 Å². The Morgan fingerprint density at radius 2 is 2.39 bits per heavy atom. The second-order valence-corrected chi connectivity index (χ2v) is 4.61. The van der Waals surface area contributed by atoms with Crippen molar-refractivity contribution in [2.45, 2.75) is 31.6 Å². The van der Waals surface area contributed by atoms with Gasteiger partial charge in [0.1, 0.15) is 5.69 Å². The molecule has 0 bridgehead atoms. The lowest BCUT2D eigenvalue weighted by atomic mass is 9.85. The number of carbonyl (C=O) groups is 1. The number of nitrogens with zero attached hydrogens (tertiary/aromatic N) is 4. The van der Waals surface area contributed by atoms with Gasteiger partial charge in [0.2, 0.25) is 5.89 Å². The van der Waals surface area contributed by atoms with Crippen molar-refractivity contribution in [1.29, 1.82) is 0 Å². The zero-order chi connectivity index (χ0) is 12.5. The fourth-order valence-electron chi connectivity index (χ4n) is 2.05. The Morgan fingerprint density at radius 1 is 1.56 bits per heavy atom. The highest BCUT2D eigenvalue weighted by molar-refractivity contribution is 5.95. The van der Waals surface area contributed by atoms with E-state index in [9.17, 15) is 4.79 Å². The van der Waals surface area contributed by atoms with Crippen molar-refractivity contribution in [1.82, 2.24) is 19.9 Å². The minimum absolute atomic E-state index is 0.0567. The lowest BCUT2D eigenvalue weighted by molar-refractivity contribution is 0.0974. The Morgan fingerprint density at radius 3 is 3.00 bits per heavy atom. The Hall–Kier alpha value is -1.98. The van der Waals surface area contributed by atoms with Gasteiger partial charge < -0.3 is 4.52 Å². The summed E-state index contributed by atoms with van der Waals surface area (Å²) in [5, 5.41) is 7.90. The van der Waals surface area contributed by atoms with Gasteiger partial charge in [-0.3, -0.25) is 9.48 Å². The first-order valence-electron chi connectivity index (χ1n) is 6.07. The maximum absolute atomic E-state index is 12.0. The number of ketones is 1. The molecular weight excluding hydrogens is 232 g/mol. The molecule has 94 valence electrons. The number of hydrogen-bond acceptors (Lipinski definition) is 5. The van der Waals surface area contributed by atoms with Gasteiger partial charge in [-0.1, -0.05) is 11.6 Å². The van der Waals surface area contributed by atoms with Gasteiger partial charge >= 0.3 is 0 Å². The Kier molecular flexibility index (Phi) is 2.70. The lowest BCUT2D eigenvalue weighted by Gasteiger charge is -2.20. The number of aromatic nitrogens is 4. The fourth-order valence-corrected chi connectivity index (χ4v) is 2.05. The van der Waals surface area contributed by atoms with Crippen LogP contribution in [-0.4, -0.2) is 25.7 Å². The van der Waals surface area contributed by atoms with Crippen molar-refractivity contribution >= 4 is 5.78 Å². The third-order valence-electron chi connectivity index (χ3n) is 3.37. The highest BCUT2D eigenvalue weighted by atomic mass is 16.5. The van der Waals surface area contributed by atoms with Gasteiger partial charge in [-0.05, 0) is 18.9 Å². The summed E-state index contributed by atoms with van der Waals surface area (Å²) < 4.78 is 6.67. The predicted molar refractivity (Wildman–Crippen MR) is 62.1 cm³/mol. The molecule has 0 aromatic carbocycles. The normalized spacial score (nSPS) is 15.6. The summed E-state index contributed by atoms with van der Waals surface area (Å²) in [6, 6.07) is 1.69. The van der Waals surface area contributed by atoms with Gasteiger partial charge in [-0.15, -0.1) is 0 Å². The first-order valence-corrected chi connectivity index (χ1v) is 6.07. The second-order valence-electron chi connectivity index (χ2n) is 4.61. The van der Waals surface area contributed by atoms with Crippen molar-refractivity contribution in [2.75, 3.05) is 0 Å². The van der Waals surface area contributed by atoms with Gasteiger partial charge in [-0.25, -0.2) is 0 Å². The van der Waals surface area contributed by atoms with E-state index in [2.05, 4.69) is 15.2 Å². The molecule has 1 fully saturated rings. The van der Waals surface area contributed by atoms with E-state index in [1.54, 1.807) is 24.0 Å². The molecule has 1 saturated carbocycles. The van der Waals surface area contributed by atoms with Crippen LogP contribution in [0.2, 0.25) is 0 Å². The molecule has 0 atom stereocenters. The van der Waals surface area contributed by atoms with Crippen LogP contribution in [0.5, 0.6) is 0 Å². The Balaban J connectivity index is 1.70. The third-order valence-corrected chi connectivity index (χ3v) is 3.37. The number of aryl methyl sites for hydroxylation is 1. The highest BCUT2D eigenvalue weighted by Crippen LogP contribution is 2.34. The van der Waals surface area contributed by atoms with Crippen LogP contribution in [-0.2, 0) is 13.5 Å². The first-order chi connectivity index (χ1) is 8.74. The average Bonchev–Trinajstić information content (AvgIpc) is 2.85. The molecule has 0 spiro atoms. The maximum Gasteiger partial charge on any atom is 0.234 e. The topological polar surface area (TPSA) is 73.8 Å². The summed E-state index contributed by atoms with van der Waals surface area (Å²) in [4.78, 5) is 16.3. The summed E-state index contributed by atoms with van der Waals surface area (Å²) in [6.07, 6.45) is 5.20. The van der Waals surface area contributed by atoms with Crippen LogP contribution in [0.25, 0.3) is 0 Å². The quantitative estimate of drug-likeness (QED) is 0.764. The van der Waals surface area contributed by atoms with Crippen LogP contribution in [0.1, 0.15) is 47.4 Å². The largest absolute Gasteiger partial charge is 0.339 e. The molecule has 0 aliphatic heterocycles. The van der Waals surface area contributed by atoms with Crippen molar-refractivity contribution < 1.29 is 9.32 Å². The molecule has 6 nitrogen and oxygen atoms in total. The number of rotatable bonds is 4. The van der Waals surface area contributed by atoms with E-state index in [1.165, 1.54) is 6.42 Å². The SMILES string of the molecule is Cn1nccc1C(=O)Cc1nc(C2CCC2)no1. The summed E-state index contributed by atoms with van der Waals surface area (Å²) >= 11 is 0. The molecule has 1 aliphatic carbocycles. The van der Waals surface area contributed by atoms with E-state index < -0.39 is 0 Å². The molecule has 2 aromatic rings. The van der Waals surface area contributed by atoms with Gasteiger partial charge in [0.15, 0.2) is 11.6 Å². The zero-order valence-corrected chi connectivity index (χ0v) is 10.2. The molecule has 6 heteroatoms. The molecule has 3 rings (SSSR count). The van der Waals surface area contributed by atoms with Crippen LogP contribution in [0.4, 0.5) is 0 Å². The number of Topliss-reactive ketones (excluding diaryl/α,β-unsaturated/α-hetero) is 1. The number of carbonyl (C=O) groups excluding carboxylic acids is 1. The smallest absolute Gasteiger partial charge is 0.234 e. The molecular formula is C12H14N4O2. The van der Waals surface area contributed by atoms with E-state index in [0.717, 1.165) is 18.7 Å². The number of hydrogen-bond donors (Lipinski definition) is 0. The summed E-state index contributed by atoms with van der Waals surface area (Å²) in [7, 11) is 1.74. The zero-order valence-electron chi connectivity index (χ0n) is 10.2. The van der Waals surface area contributed by atoms with Crippen molar-refractivity contribution in [2.24, 2.45) is 7.05 Å². The molecule has 0 unspecified atom stereocenters. The lowest BCUT2D eigenvalue weighted by Crippen LogP contribution is -2.11. The van der Waals surface area contributed by atoms with Crippen LogP contribution in [0, 0.1) is 0 Å². The molecule has 1 aliphatic rings. The van der Waals surface area contributed by atoms with Gasteiger partial charge in [-0.2, -0.15) is 10.1 Å².